The van der Waals surface area contributed by atoms with Gasteiger partial charge in [0.2, 0.25) is 0 Å². The van der Waals surface area contributed by atoms with Crippen molar-refractivity contribution in [3.8, 4) is 0 Å². The molecule has 0 N–H and O–H groups in total. The molecule has 0 atom stereocenters. The Bertz CT molecular complexity index is 389. The Morgan fingerprint density at radius 1 is 0.708 bits per heavy atom. The van der Waals surface area contributed by atoms with E-state index in [0.717, 1.165) is 38.5 Å². The fourth-order valence-corrected chi connectivity index (χ4v) is 2.14. The molecule has 0 aliphatic heterocycles. The van der Waals surface area contributed by atoms with Crippen molar-refractivity contribution in [3.05, 3.63) is 48.6 Å². The Labute approximate surface area is 149 Å². The van der Waals surface area contributed by atoms with E-state index < -0.39 is 0 Å². The summed E-state index contributed by atoms with van der Waals surface area (Å²) in [5.41, 5.74) is 0. The van der Waals surface area contributed by atoms with Crippen molar-refractivity contribution in [2.24, 2.45) is 0 Å². The van der Waals surface area contributed by atoms with Gasteiger partial charge in [0.25, 0.3) is 0 Å². The maximum Gasteiger partial charge on any atom is 0.302 e. The Morgan fingerprint density at radius 2 is 1.17 bits per heavy atom. The fraction of sp³-hybridized carbons (Fsp3) is 0.591. The van der Waals surface area contributed by atoms with E-state index >= 15 is 0 Å². The lowest BCUT2D eigenvalue weighted by atomic mass is 10.2. The highest BCUT2D eigenvalue weighted by Gasteiger charge is 1.91. The smallest absolute Gasteiger partial charge is 0.302 e. The average molecular weight is 333 g/mol. The van der Waals surface area contributed by atoms with E-state index in [1.807, 2.05) is 0 Å². The van der Waals surface area contributed by atoms with Crippen LogP contribution in [-0.4, -0.2) is 12.6 Å². The number of hydrogen-bond acceptors (Lipinski definition) is 2. The molecule has 0 radical (unpaired) electrons. The molecule has 0 rings (SSSR count). The van der Waals surface area contributed by atoms with Crippen LogP contribution in [0.3, 0.4) is 0 Å². The highest BCUT2D eigenvalue weighted by Crippen LogP contribution is 2.01. The van der Waals surface area contributed by atoms with Gasteiger partial charge in [0.05, 0.1) is 6.61 Å². The Morgan fingerprint density at radius 3 is 1.62 bits per heavy atom. The number of allylic oxidation sites excluding steroid dienone is 8. The summed E-state index contributed by atoms with van der Waals surface area (Å²) in [6.45, 7) is 4.24. The van der Waals surface area contributed by atoms with Gasteiger partial charge in [-0.1, -0.05) is 68.4 Å². The van der Waals surface area contributed by atoms with Gasteiger partial charge in [-0.3, -0.25) is 4.79 Å². The zero-order valence-electron chi connectivity index (χ0n) is 15.7. The minimum absolute atomic E-state index is 0.187. The molecule has 0 saturated heterocycles. The van der Waals surface area contributed by atoms with Crippen molar-refractivity contribution in [2.45, 2.75) is 78.1 Å². The van der Waals surface area contributed by atoms with Crippen molar-refractivity contribution in [1.29, 1.82) is 0 Å². The van der Waals surface area contributed by atoms with Gasteiger partial charge in [-0.05, 0) is 51.4 Å². The number of unbranched alkanes of at least 4 members (excludes halogenated alkanes) is 5. The third-order valence-electron chi connectivity index (χ3n) is 3.53. The summed E-state index contributed by atoms with van der Waals surface area (Å²) in [6.07, 6.45) is 29.2. The molecule has 0 amide bonds. The highest BCUT2D eigenvalue weighted by molar-refractivity contribution is 5.65. The summed E-state index contributed by atoms with van der Waals surface area (Å²) >= 11 is 0. The molecule has 24 heavy (non-hydrogen) atoms. The molecule has 0 aromatic heterocycles. The van der Waals surface area contributed by atoms with E-state index in [4.69, 9.17) is 4.74 Å². The van der Waals surface area contributed by atoms with E-state index in [2.05, 4.69) is 55.5 Å². The molecule has 136 valence electrons. The molecule has 2 heteroatoms. The van der Waals surface area contributed by atoms with Gasteiger partial charge in [0.15, 0.2) is 0 Å². The van der Waals surface area contributed by atoms with Gasteiger partial charge in [0, 0.05) is 6.92 Å². The number of ether oxygens (including phenoxy) is 1. The first-order valence-corrected chi connectivity index (χ1v) is 9.50. The first kappa shape index (κ1) is 22.4. The topological polar surface area (TPSA) is 26.3 Å². The summed E-state index contributed by atoms with van der Waals surface area (Å²) < 4.78 is 4.89. The largest absolute Gasteiger partial charge is 0.466 e. The van der Waals surface area contributed by atoms with Crippen LogP contribution < -0.4 is 0 Å². The van der Waals surface area contributed by atoms with E-state index in [1.165, 1.54) is 32.6 Å². The zero-order valence-corrected chi connectivity index (χ0v) is 15.7. The van der Waals surface area contributed by atoms with Crippen LogP contribution >= 0.6 is 0 Å². The summed E-state index contributed by atoms with van der Waals surface area (Å²) in [4.78, 5) is 10.6. The molecule has 0 aliphatic carbocycles. The normalized spacial score (nSPS) is 12.2. The van der Waals surface area contributed by atoms with Crippen molar-refractivity contribution in [3.63, 3.8) is 0 Å². The van der Waals surface area contributed by atoms with Crippen LogP contribution in [0.25, 0.3) is 0 Å². The lowest BCUT2D eigenvalue weighted by Crippen LogP contribution is -1.99. The molecule has 0 spiro atoms. The van der Waals surface area contributed by atoms with Crippen molar-refractivity contribution >= 4 is 5.97 Å². The standard InChI is InChI=1S/C22H36O2/c1-3-4-5-6-7-8-9-10-11-12-13-14-15-16-17-18-19-20-21-24-22(2)23/h7-8,10-11,13-14,16-17H,3-6,9,12,15,18-21H2,1-2H3/b8-7-,11-10-,14-13-,17-16-. The minimum atomic E-state index is -0.187. The second kappa shape index (κ2) is 19.5. The number of carbonyl (C=O) groups is 1. The van der Waals surface area contributed by atoms with Gasteiger partial charge < -0.3 is 4.74 Å². The molecule has 2 nitrogen and oxygen atoms in total. The molecule has 0 aromatic rings. The quantitative estimate of drug-likeness (QED) is 0.189. The van der Waals surface area contributed by atoms with Gasteiger partial charge in [0.1, 0.15) is 0 Å². The number of esters is 1. The van der Waals surface area contributed by atoms with Crippen LogP contribution in [0.5, 0.6) is 0 Å². The first-order valence-electron chi connectivity index (χ1n) is 9.50. The third kappa shape index (κ3) is 20.4. The van der Waals surface area contributed by atoms with E-state index in [9.17, 15) is 4.79 Å². The predicted molar refractivity (Wildman–Crippen MR) is 105 cm³/mol. The second-order valence-electron chi connectivity index (χ2n) is 5.92. The van der Waals surface area contributed by atoms with Crippen LogP contribution in [0.15, 0.2) is 48.6 Å². The van der Waals surface area contributed by atoms with E-state index in [0.29, 0.717) is 6.61 Å². The van der Waals surface area contributed by atoms with Gasteiger partial charge in [-0.15, -0.1) is 0 Å². The van der Waals surface area contributed by atoms with Crippen molar-refractivity contribution < 1.29 is 9.53 Å². The minimum Gasteiger partial charge on any atom is -0.466 e. The Balaban J connectivity index is 3.37. The fourth-order valence-electron chi connectivity index (χ4n) is 2.14. The van der Waals surface area contributed by atoms with Gasteiger partial charge in [-0.25, -0.2) is 0 Å². The molecule has 0 aromatic carbocycles. The first-order chi connectivity index (χ1) is 11.8. The molecule has 0 saturated carbocycles. The maximum atomic E-state index is 10.6. The lowest BCUT2D eigenvalue weighted by molar-refractivity contribution is -0.141. The molecule has 0 unspecified atom stereocenters. The Hall–Kier alpha value is -1.57. The van der Waals surface area contributed by atoms with Crippen LogP contribution in [0.1, 0.15) is 78.1 Å². The summed E-state index contributed by atoms with van der Waals surface area (Å²) in [5.74, 6) is -0.187. The van der Waals surface area contributed by atoms with E-state index in [-0.39, 0.29) is 5.97 Å². The zero-order chi connectivity index (χ0) is 17.7. The maximum absolute atomic E-state index is 10.6. The number of carbonyl (C=O) groups excluding carboxylic acids is 1. The highest BCUT2D eigenvalue weighted by atomic mass is 16.5. The summed E-state index contributed by atoms with van der Waals surface area (Å²) in [5, 5.41) is 0. The van der Waals surface area contributed by atoms with Crippen LogP contribution in [0, 0.1) is 0 Å². The van der Waals surface area contributed by atoms with Gasteiger partial charge >= 0.3 is 5.97 Å². The number of rotatable bonds is 15. The van der Waals surface area contributed by atoms with Gasteiger partial charge in [-0.2, -0.15) is 0 Å². The summed E-state index contributed by atoms with van der Waals surface area (Å²) in [7, 11) is 0. The van der Waals surface area contributed by atoms with E-state index in [1.54, 1.807) is 0 Å². The molecule has 0 fully saturated rings. The van der Waals surface area contributed by atoms with Crippen LogP contribution in [0.2, 0.25) is 0 Å². The lowest BCUT2D eigenvalue weighted by Gasteiger charge is -1.99. The Kier molecular flexibility index (Phi) is 18.2. The summed E-state index contributed by atoms with van der Waals surface area (Å²) in [6, 6.07) is 0. The van der Waals surface area contributed by atoms with Crippen molar-refractivity contribution in [1.82, 2.24) is 0 Å². The average Bonchev–Trinajstić information content (AvgIpc) is 2.56. The molecular formula is C22H36O2. The van der Waals surface area contributed by atoms with Crippen LogP contribution in [0.4, 0.5) is 0 Å². The second-order valence-corrected chi connectivity index (χ2v) is 5.92. The molecular weight excluding hydrogens is 296 g/mol. The predicted octanol–water partition coefficient (Wildman–Crippen LogP) is 6.70. The number of hydrogen-bond donors (Lipinski definition) is 0. The molecule has 0 bridgehead atoms. The monoisotopic (exact) mass is 332 g/mol. The SMILES string of the molecule is CCCCC/C=C\C/C=C\C/C=C\C/C=C\CCCCOC(C)=O. The third-order valence-corrected chi connectivity index (χ3v) is 3.53. The van der Waals surface area contributed by atoms with Crippen molar-refractivity contribution in [2.75, 3.05) is 6.61 Å². The van der Waals surface area contributed by atoms with Crippen LogP contribution in [-0.2, 0) is 9.53 Å². The molecule has 0 aliphatic rings. The molecule has 0 heterocycles.